The maximum absolute atomic E-state index is 12.5. The second-order valence-corrected chi connectivity index (χ2v) is 8.66. The number of aryl methyl sites for hydroxylation is 1. The van der Waals surface area contributed by atoms with Crippen molar-refractivity contribution in [2.75, 3.05) is 18.0 Å². The lowest BCUT2D eigenvalue weighted by Crippen LogP contribution is -2.34. The molecule has 1 aliphatic rings. The van der Waals surface area contributed by atoms with Crippen LogP contribution in [0.15, 0.2) is 75.6 Å². The Hall–Kier alpha value is -3.59. The molecule has 2 aromatic carbocycles. The van der Waals surface area contributed by atoms with Crippen molar-refractivity contribution in [2.24, 2.45) is 7.05 Å². The SMILES string of the molecule is Cn1ncc2c(=O)n(CC(=O)NCCCN3c4ccccc4Sc4ccccc43)cnc21. The molecule has 0 aliphatic carbocycles. The number of aromatic nitrogens is 4. The molecule has 0 radical (unpaired) electrons. The lowest BCUT2D eigenvalue weighted by atomic mass is 10.2. The summed E-state index contributed by atoms with van der Waals surface area (Å²) in [6, 6.07) is 16.7. The largest absolute Gasteiger partial charge is 0.354 e. The van der Waals surface area contributed by atoms with Crippen molar-refractivity contribution in [2.45, 2.75) is 22.8 Å². The van der Waals surface area contributed by atoms with Crippen molar-refractivity contribution in [1.29, 1.82) is 0 Å². The number of hydrogen-bond acceptors (Lipinski definition) is 6. The zero-order chi connectivity index (χ0) is 22.1. The summed E-state index contributed by atoms with van der Waals surface area (Å²) in [5, 5.41) is 7.37. The standard InChI is InChI=1S/C23H22N6O2S/c1-27-22-16(13-26-27)23(31)28(15-25-22)14-21(30)24-11-6-12-29-17-7-2-4-9-19(17)32-20-10-5-3-8-18(20)29/h2-5,7-10,13,15H,6,11-12,14H2,1H3,(H,24,30). The molecule has 1 N–H and O–H groups in total. The summed E-state index contributed by atoms with van der Waals surface area (Å²) in [6.45, 7) is 1.23. The van der Waals surface area contributed by atoms with E-state index in [0.717, 1.165) is 13.0 Å². The van der Waals surface area contributed by atoms with Crippen LogP contribution in [-0.2, 0) is 18.4 Å². The van der Waals surface area contributed by atoms with Gasteiger partial charge >= 0.3 is 0 Å². The minimum atomic E-state index is -0.266. The molecular weight excluding hydrogens is 424 g/mol. The van der Waals surface area contributed by atoms with Crippen LogP contribution in [0, 0.1) is 0 Å². The Labute approximate surface area is 188 Å². The third kappa shape index (κ3) is 3.75. The Balaban J connectivity index is 1.21. The first kappa shape index (κ1) is 20.3. The molecule has 0 bridgehead atoms. The number of amides is 1. The van der Waals surface area contributed by atoms with Crippen LogP contribution in [-0.4, -0.2) is 38.3 Å². The summed E-state index contributed by atoms with van der Waals surface area (Å²) >= 11 is 1.78. The number of nitrogens with one attached hydrogen (secondary N) is 1. The molecule has 0 atom stereocenters. The van der Waals surface area contributed by atoms with Crippen LogP contribution in [0.2, 0.25) is 0 Å². The fourth-order valence-electron chi connectivity index (χ4n) is 3.88. The third-order valence-corrected chi connectivity index (χ3v) is 6.58. The van der Waals surface area contributed by atoms with Gasteiger partial charge in [-0.25, -0.2) is 4.98 Å². The van der Waals surface area contributed by atoms with E-state index in [1.165, 1.54) is 42.9 Å². The number of nitrogens with zero attached hydrogens (tertiary/aromatic N) is 5. The maximum Gasteiger partial charge on any atom is 0.264 e. The normalized spacial score (nSPS) is 12.5. The quantitative estimate of drug-likeness (QED) is 0.459. The molecule has 32 heavy (non-hydrogen) atoms. The Morgan fingerprint density at radius 2 is 1.75 bits per heavy atom. The fourth-order valence-corrected chi connectivity index (χ4v) is 4.97. The number of fused-ring (bicyclic) bond motifs is 3. The van der Waals surface area contributed by atoms with Gasteiger partial charge in [0.05, 0.1) is 17.6 Å². The number of hydrogen-bond donors (Lipinski definition) is 1. The van der Waals surface area contributed by atoms with Crippen LogP contribution >= 0.6 is 11.8 Å². The Bertz CT molecular complexity index is 1320. The number of carbonyl (C=O) groups excluding carboxylic acids is 1. The van der Waals surface area contributed by atoms with Crippen LogP contribution < -0.4 is 15.8 Å². The van der Waals surface area contributed by atoms with Crippen molar-refractivity contribution in [3.8, 4) is 0 Å². The molecule has 0 saturated carbocycles. The lowest BCUT2D eigenvalue weighted by molar-refractivity contribution is -0.121. The van der Waals surface area contributed by atoms with Gasteiger partial charge in [0.25, 0.3) is 5.56 Å². The van der Waals surface area contributed by atoms with Gasteiger partial charge in [0.1, 0.15) is 18.3 Å². The molecule has 0 saturated heterocycles. The van der Waals surface area contributed by atoms with Crippen molar-refractivity contribution >= 4 is 40.1 Å². The first-order chi connectivity index (χ1) is 15.6. The first-order valence-corrected chi connectivity index (χ1v) is 11.2. The monoisotopic (exact) mass is 446 g/mol. The number of benzene rings is 2. The second-order valence-electron chi connectivity index (χ2n) is 7.58. The van der Waals surface area contributed by atoms with Gasteiger partial charge in [-0.15, -0.1) is 0 Å². The van der Waals surface area contributed by atoms with Gasteiger partial charge in [0.2, 0.25) is 5.91 Å². The van der Waals surface area contributed by atoms with Crippen molar-refractivity contribution < 1.29 is 4.79 Å². The van der Waals surface area contributed by atoms with Crippen molar-refractivity contribution in [3.63, 3.8) is 0 Å². The highest BCUT2D eigenvalue weighted by Gasteiger charge is 2.22. The molecule has 1 aliphatic heterocycles. The smallest absolute Gasteiger partial charge is 0.264 e. The molecule has 1 amide bonds. The predicted molar refractivity (Wildman–Crippen MR) is 124 cm³/mol. The zero-order valence-electron chi connectivity index (χ0n) is 17.6. The average Bonchev–Trinajstić information content (AvgIpc) is 3.19. The van der Waals surface area contributed by atoms with Gasteiger partial charge in [-0.3, -0.25) is 18.8 Å². The van der Waals surface area contributed by atoms with E-state index >= 15 is 0 Å². The Kier molecular flexibility index (Phi) is 5.40. The summed E-state index contributed by atoms with van der Waals surface area (Å²) in [6.07, 6.45) is 3.64. The van der Waals surface area contributed by atoms with E-state index in [2.05, 4.69) is 56.7 Å². The topological polar surface area (TPSA) is 85.0 Å². The summed E-state index contributed by atoms with van der Waals surface area (Å²) < 4.78 is 2.85. The first-order valence-electron chi connectivity index (χ1n) is 10.4. The van der Waals surface area contributed by atoms with Crippen molar-refractivity contribution in [3.05, 3.63) is 71.4 Å². The van der Waals surface area contributed by atoms with E-state index in [0.29, 0.717) is 17.6 Å². The Morgan fingerprint density at radius 1 is 1.06 bits per heavy atom. The van der Waals surface area contributed by atoms with Gasteiger partial charge in [-0.05, 0) is 30.7 Å². The van der Waals surface area contributed by atoms with E-state index in [-0.39, 0.29) is 18.0 Å². The van der Waals surface area contributed by atoms with Crippen molar-refractivity contribution in [1.82, 2.24) is 24.6 Å². The highest BCUT2D eigenvalue weighted by atomic mass is 32.2. The summed E-state index contributed by atoms with van der Waals surface area (Å²) in [5.74, 6) is -0.216. The van der Waals surface area contributed by atoms with Crippen LogP contribution in [0.4, 0.5) is 11.4 Å². The molecule has 4 aromatic rings. The van der Waals surface area contributed by atoms with E-state index in [9.17, 15) is 9.59 Å². The molecule has 2 aromatic heterocycles. The molecule has 0 fully saturated rings. The summed E-state index contributed by atoms with van der Waals surface area (Å²) in [7, 11) is 1.73. The lowest BCUT2D eigenvalue weighted by Gasteiger charge is -2.32. The molecule has 3 heterocycles. The minimum absolute atomic E-state index is 0.0668. The van der Waals surface area contributed by atoms with Crippen LogP contribution in [0.1, 0.15) is 6.42 Å². The second kappa shape index (κ2) is 8.51. The van der Waals surface area contributed by atoms with Crippen LogP contribution in [0.3, 0.4) is 0 Å². The summed E-state index contributed by atoms with van der Waals surface area (Å²) in [4.78, 5) is 33.9. The molecule has 9 heteroatoms. The molecule has 8 nitrogen and oxygen atoms in total. The van der Waals surface area contributed by atoms with E-state index in [1.807, 2.05) is 12.1 Å². The van der Waals surface area contributed by atoms with E-state index in [1.54, 1.807) is 18.8 Å². The molecular formula is C23H22N6O2S. The number of carbonyl (C=O) groups is 1. The maximum atomic E-state index is 12.5. The molecule has 0 unspecified atom stereocenters. The third-order valence-electron chi connectivity index (χ3n) is 5.44. The highest BCUT2D eigenvalue weighted by molar-refractivity contribution is 7.99. The zero-order valence-corrected chi connectivity index (χ0v) is 18.4. The highest BCUT2D eigenvalue weighted by Crippen LogP contribution is 2.47. The van der Waals surface area contributed by atoms with E-state index < -0.39 is 0 Å². The molecule has 5 rings (SSSR count). The fraction of sp³-hybridized carbons (Fsp3) is 0.217. The molecule has 162 valence electrons. The number of anilines is 2. The van der Waals surface area contributed by atoms with Crippen LogP contribution in [0.5, 0.6) is 0 Å². The van der Waals surface area contributed by atoms with Gasteiger partial charge in [-0.2, -0.15) is 5.10 Å². The van der Waals surface area contributed by atoms with Crippen LogP contribution in [0.25, 0.3) is 11.0 Å². The average molecular weight is 447 g/mol. The summed E-state index contributed by atoms with van der Waals surface area (Å²) in [5.41, 5.74) is 2.61. The van der Waals surface area contributed by atoms with Gasteiger partial charge < -0.3 is 10.2 Å². The number of para-hydroxylation sites is 2. The molecule has 0 spiro atoms. The van der Waals surface area contributed by atoms with Gasteiger partial charge in [0, 0.05) is 29.9 Å². The van der Waals surface area contributed by atoms with Gasteiger partial charge in [0.15, 0.2) is 5.65 Å². The van der Waals surface area contributed by atoms with E-state index in [4.69, 9.17) is 0 Å². The number of rotatable bonds is 6. The minimum Gasteiger partial charge on any atom is -0.354 e. The predicted octanol–water partition coefficient (Wildman–Crippen LogP) is 2.94. The Morgan fingerprint density at radius 3 is 2.47 bits per heavy atom. The van der Waals surface area contributed by atoms with Gasteiger partial charge in [-0.1, -0.05) is 36.0 Å².